The van der Waals surface area contributed by atoms with Crippen molar-refractivity contribution in [3.05, 3.63) is 35.9 Å². The van der Waals surface area contributed by atoms with Crippen molar-refractivity contribution in [2.24, 2.45) is 0 Å². The van der Waals surface area contributed by atoms with E-state index in [0.29, 0.717) is 19.4 Å². The first-order valence-corrected chi connectivity index (χ1v) is 9.05. The van der Waals surface area contributed by atoms with Crippen molar-refractivity contribution in [1.82, 2.24) is 15.5 Å². The van der Waals surface area contributed by atoms with E-state index in [-0.39, 0.29) is 18.4 Å². The summed E-state index contributed by atoms with van der Waals surface area (Å²) in [5.74, 6) is -0.521. The summed E-state index contributed by atoms with van der Waals surface area (Å²) in [5.41, 5.74) is 0.544. The number of aryl methyl sites for hydroxylation is 1. The zero-order chi connectivity index (χ0) is 17.7. The second-order valence-electron chi connectivity index (χ2n) is 6.90. The van der Waals surface area contributed by atoms with Crippen LogP contribution in [-0.2, 0) is 16.0 Å². The van der Waals surface area contributed by atoms with E-state index in [1.165, 1.54) is 5.56 Å². The molecule has 134 valence electrons. The predicted octanol–water partition coefficient (Wildman–Crippen LogP) is 1.99. The van der Waals surface area contributed by atoms with Gasteiger partial charge in [-0.25, -0.2) is 4.79 Å². The maximum atomic E-state index is 12.5. The Morgan fingerprint density at radius 2 is 1.84 bits per heavy atom. The Morgan fingerprint density at radius 1 is 1.12 bits per heavy atom. The third kappa shape index (κ3) is 4.00. The largest absolute Gasteiger partial charge is 0.355 e. The van der Waals surface area contributed by atoms with Gasteiger partial charge >= 0.3 is 6.03 Å². The highest BCUT2D eigenvalue weighted by molar-refractivity contribution is 6.09. The maximum absolute atomic E-state index is 12.5. The summed E-state index contributed by atoms with van der Waals surface area (Å²) in [5, 5.41) is 5.59. The summed E-state index contributed by atoms with van der Waals surface area (Å²) in [4.78, 5) is 37.6. The summed E-state index contributed by atoms with van der Waals surface area (Å²) < 4.78 is 0. The van der Waals surface area contributed by atoms with Crippen LogP contribution in [0.5, 0.6) is 0 Å². The minimum atomic E-state index is -0.743. The van der Waals surface area contributed by atoms with Crippen LogP contribution in [0.3, 0.4) is 0 Å². The molecular weight excluding hydrogens is 318 g/mol. The van der Waals surface area contributed by atoms with Crippen molar-refractivity contribution >= 4 is 17.8 Å². The average Bonchev–Trinajstić information content (AvgIpc) is 3.17. The van der Waals surface area contributed by atoms with Crippen molar-refractivity contribution in [1.29, 1.82) is 0 Å². The number of urea groups is 1. The van der Waals surface area contributed by atoms with Gasteiger partial charge in [-0.3, -0.25) is 14.5 Å². The molecule has 2 aliphatic rings. The third-order valence-electron chi connectivity index (χ3n) is 5.06. The molecule has 1 aliphatic carbocycles. The van der Waals surface area contributed by atoms with E-state index >= 15 is 0 Å². The molecule has 0 atom stereocenters. The average molecular weight is 343 g/mol. The van der Waals surface area contributed by atoms with Crippen LogP contribution >= 0.6 is 0 Å². The second kappa shape index (κ2) is 7.68. The van der Waals surface area contributed by atoms with Crippen LogP contribution in [0.15, 0.2) is 30.3 Å². The zero-order valence-electron chi connectivity index (χ0n) is 14.4. The van der Waals surface area contributed by atoms with Gasteiger partial charge in [0.2, 0.25) is 5.91 Å². The van der Waals surface area contributed by atoms with Gasteiger partial charge in [-0.15, -0.1) is 0 Å². The molecule has 1 saturated carbocycles. The van der Waals surface area contributed by atoms with Gasteiger partial charge in [-0.05, 0) is 37.7 Å². The molecule has 1 aliphatic heterocycles. The lowest BCUT2D eigenvalue weighted by atomic mass is 9.98. The molecule has 25 heavy (non-hydrogen) atoms. The smallest absolute Gasteiger partial charge is 0.325 e. The van der Waals surface area contributed by atoms with E-state index in [0.717, 1.165) is 37.0 Å². The maximum Gasteiger partial charge on any atom is 0.325 e. The minimum Gasteiger partial charge on any atom is -0.355 e. The van der Waals surface area contributed by atoms with E-state index in [1.807, 2.05) is 18.2 Å². The Labute approximate surface area is 148 Å². The fourth-order valence-corrected chi connectivity index (χ4v) is 3.66. The summed E-state index contributed by atoms with van der Waals surface area (Å²) in [6, 6.07) is 9.78. The monoisotopic (exact) mass is 343 g/mol. The van der Waals surface area contributed by atoms with Crippen LogP contribution in [0.4, 0.5) is 4.79 Å². The van der Waals surface area contributed by atoms with Crippen molar-refractivity contribution in [2.75, 3.05) is 13.1 Å². The molecule has 0 aromatic heterocycles. The predicted molar refractivity (Wildman–Crippen MR) is 93.8 cm³/mol. The number of carbonyl (C=O) groups is 3. The molecule has 0 unspecified atom stereocenters. The minimum absolute atomic E-state index is 0.189. The lowest BCUT2D eigenvalue weighted by Crippen LogP contribution is -2.45. The molecule has 3 rings (SSSR count). The normalized spacial score (nSPS) is 18.6. The number of hydrogen-bond donors (Lipinski definition) is 2. The lowest BCUT2D eigenvalue weighted by Gasteiger charge is -2.19. The number of benzene rings is 1. The van der Waals surface area contributed by atoms with Crippen LogP contribution < -0.4 is 10.6 Å². The Hall–Kier alpha value is -2.37. The first-order valence-electron chi connectivity index (χ1n) is 9.05. The van der Waals surface area contributed by atoms with Crippen molar-refractivity contribution in [3.63, 3.8) is 0 Å². The molecule has 0 radical (unpaired) electrons. The quantitative estimate of drug-likeness (QED) is 0.587. The molecule has 0 bridgehead atoms. The highest BCUT2D eigenvalue weighted by Gasteiger charge is 2.52. The highest BCUT2D eigenvalue weighted by Crippen LogP contribution is 2.34. The number of unbranched alkanes of at least 4 members (excludes halogenated alkanes) is 1. The molecule has 4 amide bonds. The summed E-state index contributed by atoms with van der Waals surface area (Å²) >= 11 is 0. The molecule has 1 heterocycles. The molecule has 1 spiro atoms. The van der Waals surface area contributed by atoms with Gasteiger partial charge in [0.25, 0.3) is 5.91 Å². The fraction of sp³-hybridized carbons (Fsp3) is 0.526. The molecule has 6 nitrogen and oxygen atoms in total. The Morgan fingerprint density at radius 3 is 2.56 bits per heavy atom. The van der Waals surface area contributed by atoms with Crippen LogP contribution in [0.1, 0.15) is 44.1 Å². The van der Waals surface area contributed by atoms with Gasteiger partial charge in [0.15, 0.2) is 0 Å². The number of imide groups is 1. The molecule has 6 heteroatoms. The number of rotatable bonds is 7. The Kier molecular flexibility index (Phi) is 5.36. The number of amides is 4. The second-order valence-corrected chi connectivity index (χ2v) is 6.90. The molecule has 1 aromatic rings. The van der Waals surface area contributed by atoms with Gasteiger partial charge < -0.3 is 10.6 Å². The number of nitrogens with one attached hydrogen (secondary N) is 2. The van der Waals surface area contributed by atoms with Gasteiger partial charge in [0.05, 0.1) is 0 Å². The topological polar surface area (TPSA) is 78.5 Å². The van der Waals surface area contributed by atoms with Crippen LogP contribution in [0.25, 0.3) is 0 Å². The van der Waals surface area contributed by atoms with Crippen molar-refractivity contribution in [3.8, 4) is 0 Å². The van der Waals surface area contributed by atoms with Crippen LogP contribution in [-0.4, -0.2) is 41.4 Å². The van der Waals surface area contributed by atoms with Crippen molar-refractivity contribution < 1.29 is 14.4 Å². The Balaban J connectivity index is 1.38. The van der Waals surface area contributed by atoms with Gasteiger partial charge in [0, 0.05) is 6.54 Å². The van der Waals surface area contributed by atoms with Gasteiger partial charge in [-0.1, -0.05) is 43.2 Å². The van der Waals surface area contributed by atoms with Gasteiger partial charge in [-0.2, -0.15) is 0 Å². The van der Waals surface area contributed by atoms with Crippen LogP contribution in [0, 0.1) is 0 Å². The highest BCUT2D eigenvalue weighted by atomic mass is 16.2. The molecule has 1 aromatic carbocycles. The van der Waals surface area contributed by atoms with E-state index in [4.69, 9.17) is 0 Å². The SMILES string of the molecule is O=C(CN1C(=O)NC2(CCCC2)C1=O)NCCCCc1ccccc1. The van der Waals surface area contributed by atoms with Crippen molar-refractivity contribution in [2.45, 2.75) is 50.5 Å². The molecule has 2 N–H and O–H groups in total. The lowest BCUT2D eigenvalue weighted by molar-refractivity contribution is -0.134. The molecule has 1 saturated heterocycles. The fourth-order valence-electron chi connectivity index (χ4n) is 3.66. The summed E-state index contributed by atoms with van der Waals surface area (Å²) in [6.07, 6.45) is 6.05. The first-order chi connectivity index (χ1) is 12.1. The van der Waals surface area contributed by atoms with E-state index in [1.54, 1.807) is 0 Å². The first kappa shape index (κ1) is 17.5. The molecular formula is C19H25N3O3. The van der Waals surface area contributed by atoms with Gasteiger partial charge in [0.1, 0.15) is 12.1 Å². The number of hydrogen-bond acceptors (Lipinski definition) is 3. The van der Waals surface area contributed by atoms with E-state index in [9.17, 15) is 14.4 Å². The third-order valence-corrected chi connectivity index (χ3v) is 5.06. The summed E-state index contributed by atoms with van der Waals surface area (Å²) in [6.45, 7) is 0.367. The number of nitrogens with zero attached hydrogens (tertiary/aromatic N) is 1. The summed E-state index contributed by atoms with van der Waals surface area (Å²) in [7, 11) is 0. The number of carbonyl (C=O) groups excluding carboxylic acids is 3. The standard InChI is InChI=1S/C19H25N3O3/c23-16(20-13-7-4-10-15-8-2-1-3-9-15)14-22-17(24)19(21-18(22)25)11-5-6-12-19/h1-3,8-9H,4-7,10-14H2,(H,20,23)(H,21,25). The molecule has 2 fully saturated rings. The Bertz CT molecular complexity index is 639. The van der Waals surface area contributed by atoms with E-state index in [2.05, 4.69) is 22.8 Å². The van der Waals surface area contributed by atoms with Crippen LogP contribution in [0.2, 0.25) is 0 Å². The van der Waals surface area contributed by atoms with E-state index < -0.39 is 11.6 Å². The zero-order valence-corrected chi connectivity index (χ0v) is 14.4.